The molecule has 0 radical (unpaired) electrons. The van der Waals surface area contributed by atoms with Gasteiger partial charge in [0.15, 0.2) is 0 Å². The van der Waals surface area contributed by atoms with Crippen LogP contribution in [0.1, 0.15) is 36.9 Å². The predicted octanol–water partition coefficient (Wildman–Crippen LogP) is 4.73. The zero-order valence-electron chi connectivity index (χ0n) is 21.9. The number of rotatable bonds is 5. The molecule has 38 heavy (non-hydrogen) atoms. The lowest BCUT2D eigenvalue weighted by atomic mass is 9.68. The van der Waals surface area contributed by atoms with Gasteiger partial charge in [-0.25, -0.2) is 0 Å². The molecule has 1 saturated carbocycles. The van der Waals surface area contributed by atoms with Crippen molar-refractivity contribution in [3.05, 3.63) is 52.7 Å². The molecule has 3 atom stereocenters. The Balaban J connectivity index is 1.22. The third-order valence-electron chi connectivity index (χ3n) is 9.20. The number of hydrogen-bond acceptors (Lipinski definition) is 7. The molecule has 4 aliphatic rings. The molecule has 0 amide bonds. The van der Waals surface area contributed by atoms with Gasteiger partial charge in [-0.15, -0.1) is 0 Å². The van der Waals surface area contributed by atoms with E-state index in [1.165, 1.54) is 12.0 Å². The fraction of sp³-hybridized carbons (Fsp3) is 0.500. The molecule has 3 aliphatic heterocycles. The summed E-state index contributed by atoms with van der Waals surface area (Å²) in [4.78, 5) is 29.3. The number of fused-ring (bicyclic) bond motifs is 3. The highest BCUT2D eigenvalue weighted by atomic mass is 35.5. The number of likely N-dealkylation sites (N-methyl/N-ethyl adjacent to an activating group) is 1. The standard InChI is InChI=1S/C30H34ClN5O2/c1-34-12-4-7-21(34)18-38-30-32-25-17-35(26-9-3-6-19-5-2-8-24(31)28(19)26)14-11-22(25)29(33-30)36-13-10-20-15-27(37)23(20)16-36/h2-3,5-6,8-9,20-21,23H,4,7,10-18H2,1H3. The molecule has 3 aromatic rings. The number of ether oxygens (including phenoxy) is 1. The monoisotopic (exact) mass is 531 g/mol. The van der Waals surface area contributed by atoms with Crippen LogP contribution in [0.4, 0.5) is 11.5 Å². The minimum absolute atomic E-state index is 0.156. The summed E-state index contributed by atoms with van der Waals surface area (Å²) >= 11 is 6.68. The second-order valence-corrected chi connectivity index (χ2v) is 11.8. The Morgan fingerprint density at radius 3 is 2.74 bits per heavy atom. The van der Waals surface area contributed by atoms with Gasteiger partial charge in [0.05, 0.1) is 17.3 Å². The summed E-state index contributed by atoms with van der Waals surface area (Å²) in [7, 11) is 2.16. The summed E-state index contributed by atoms with van der Waals surface area (Å²) in [6, 6.07) is 13.3. The third-order valence-corrected chi connectivity index (χ3v) is 9.52. The second kappa shape index (κ2) is 9.69. The fourth-order valence-corrected chi connectivity index (χ4v) is 7.15. The van der Waals surface area contributed by atoms with E-state index in [2.05, 4.69) is 46.0 Å². The van der Waals surface area contributed by atoms with Gasteiger partial charge in [-0.3, -0.25) is 4.79 Å². The van der Waals surface area contributed by atoms with E-state index in [9.17, 15) is 4.79 Å². The molecule has 4 heterocycles. The van der Waals surface area contributed by atoms with Crippen molar-refractivity contribution < 1.29 is 9.53 Å². The Hall–Kier alpha value is -2.90. The van der Waals surface area contributed by atoms with Crippen LogP contribution in [0.5, 0.6) is 6.01 Å². The maximum atomic E-state index is 12.3. The summed E-state index contributed by atoms with van der Waals surface area (Å²) in [5.41, 5.74) is 3.35. The van der Waals surface area contributed by atoms with E-state index in [-0.39, 0.29) is 5.92 Å². The Kier molecular flexibility index (Phi) is 6.16. The Morgan fingerprint density at radius 2 is 1.92 bits per heavy atom. The zero-order valence-corrected chi connectivity index (χ0v) is 22.7. The van der Waals surface area contributed by atoms with Crippen LogP contribution in [0.15, 0.2) is 36.4 Å². The molecule has 3 unspecified atom stereocenters. The van der Waals surface area contributed by atoms with E-state index in [1.807, 2.05) is 12.1 Å². The SMILES string of the molecule is CN1CCCC1COc1nc2c(c(N3CCC4CC(=O)C4C3)n1)CCN(c1cccc3cccc(Cl)c13)C2. The van der Waals surface area contributed by atoms with Crippen LogP contribution in [-0.2, 0) is 17.8 Å². The maximum absolute atomic E-state index is 12.3. The van der Waals surface area contributed by atoms with Crippen LogP contribution in [0.3, 0.4) is 0 Å². The number of carbonyl (C=O) groups excluding carboxylic acids is 1. The molecule has 1 aromatic heterocycles. The molecule has 0 spiro atoms. The number of Topliss-reactive ketones (excluding diaryl/α,β-unsaturated/α-hetero) is 1. The predicted molar refractivity (Wildman–Crippen MR) is 150 cm³/mol. The summed E-state index contributed by atoms with van der Waals surface area (Å²) in [5.74, 6) is 2.08. The zero-order chi connectivity index (χ0) is 25.8. The lowest BCUT2D eigenvalue weighted by Crippen LogP contribution is -2.51. The van der Waals surface area contributed by atoms with Gasteiger partial charge in [0.25, 0.3) is 0 Å². The lowest BCUT2D eigenvalue weighted by molar-refractivity contribution is -0.134. The molecule has 3 fully saturated rings. The van der Waals surface area contributed by atoms with Crippen molar-refractivity contribution in [1.29, 1.82) is 0 Å². The van der Waals surface area contributed by atoms with Crippen LogP contribution in [0.25, 0.3) is 10.8 Å². The Labute approximate surface area is 228 Å². The number of anilines is 2. The number of hydrogen-bond donors (Lipinski definition) is 0. The van der Waals surface area contributed by atoms with E-state index >= 15 is 0 Å². The van der Waals surface area contributed by atoms with Crippen molar-refractivity contribution in [2.24, 2.45) is 11.8 Å². The van der Waals surface area contributed by atoms with Gasteiger partial charge in [-0.1, -0.05) is 35.9 Å². The smallest absolute Gasteiger partial charge is 0.318 e. The molecule has 7 rings (SSSR count). The van der Waals surface area contributed by atoms with E-state index < -0.39 is 0 Å². The van der Waals surface area contributed by atoms with Crippen LogP contribution < -0.4 is 14.5 Å². The summed E-state index contributed by atoms with van der Waals surface area (Å²) in [6.07, 6.45) is 5.00. The molecule has 2 aromatic carbocycles. The number of carbonyl (C=O) groups is 1. The molecular formula is C30H34ClN5O2. The van der Waals surface area contributed by atoms with E-state index in [1.54, 1.807) is 0 Å². The lowest BCUT2D eigenvalue weighted by Gasteiger charge is -2.45. The number of aromatic nitrogens is 2. The highest BCUT2D eigenvalue weighted by molar-refractivity contribution is 6.36. The summed E-state index contributed by atoms with van der Waals surface area (Å²) in [5, 5.41) is 2.99. The summed E-state index contributed by atoms with van der Waals surface area (Å²) < 4.78 is 6.27. The average molecular weight is 532 g/mol. The largest absolute Gasteiger partial charge is 0.462 e. The minimum Gasteiger partial charge on any atom is -0.462 e. The van der Waals surface area contributed by atoms with Gasteiger partial charge in [-0.05, 0) is 62.7 Å². The molecular weight excluding hydrogens is 498 g/mol. The first-order chi connectivity index (χ1) is 18.5. The molecule has 7 nitrogen and oxygen atoms in total. The second-order valence-electron chi connectivity index (χ2n) is 11.4. The Morgan fingerprint density at radius 1 is 1.05 bits per heavy atom. The molecule has 1 aliphatic carbocycles. The Bertz CT molecular complexity index is 1390. The van der Waals surface area contributed by atoms with E-state index in [4.69, 9.17) is 26.3 Å². The van der Waals surface area contributed by atoms with E-state index in [0.29, 0.717) is 36.9 Å². The number of nitrogens with zero attached hydrogens (tertiary/aromatic N) is 5. The molecule has 8 heteroatoms. The quantitative estimate of drug-likeness (QED) is 0.471. The third kappa shape index (κ3) is 4.20. The van der Waals surface area contributed by atoms with Crippen molar-refractivity contribution in [3.8, 4) is 6.01 Å². The maximum Gasteiger partial charge on any atom is 0.318 e. The van der Waals surface area contributed by atoms with Crippen LogP contribution in [0, 0.1) is 11.8 Å². The topological polar surface area (TPSA) is 61.8 Å². The summed E-state index contributed by atoms with van der Waals surface area (Å²) in [6.45, 7) is 4.94. The average Bonchev–Trinajstić information content (AvgIpc) is 3.35. The molecule has 2 saturated heterocycles. The van der Waals surface area contributed by atoms with Gasteiger partial charge in [0.1, 0.15) is 18.2 Å². The number of likely N-dealkylation sites (tertiary alicyclic amines) is 1. The van der Waals surface area contributed by atoms with Gasteiger partial charge in [0, 0.05) is 54.7 Å². The minimum atomic E-state index is 0.156. The normalized spacial score (nSPS) is 25.3. The van der Waals surface area contributed by atoms with Gasteiger partial charge >= 0.3 is 6.01 Å². The van der Waals surface area contributed by atoms with Crippen molar-refractivity contribution in [2.45, 2.75) is 44.7 Å². The molecule has 0 N–H and O–H groups in total. The highest BCUT2D eigenvalue weighted by Crippen LogP contribution is 2.41. The van der Waals surface area contributed by atoms with Crippen LogP contribution in [-0.4, -0.2) is 66.5 Å². The van der Waals surface area contributed by atoms with Gasteiger partial charge in [-0.2, -0.15) is 9.97 Å². The first-order valence-electron chi connectivity index (χ1n) is 14.0. The number of ketones is 1. The van der Waals surface area contributed by atoms with Crippen LogP contribution in [0.2, 0.25) is 5.02 Å². The van der Waals surface area contributed by atoms with Crippen molar-refractivity contribution in [3.63, 3.8) is 0 Å². The van der Waals surface area contributed by atoms with Crippen LogP contribution >= 0.6 is 11.6 Å². The first kappa shape index (κ1) is 24.2. The first-order valence-corrected chi connectivity index (χ1v) is 14.4. The number of piperidine rings is 1. The van der Waals surface area contributed by atoms with E-state index in [0.717, 1.165) is 84.9 Å². The fourth-order valence-electron chi connectivity index (χ4n) is 6.87. The van der Waals surface area contributed by atoms with Crippen molar-refractivity contribution >= 4 is 39.7 Å². The van der Waals surface area contributed by atoms with Crippen molar-refractivity contribution in [1.82, 2.24) is 14.9 Å². The number of benzene rings is 2. The number of halogens is 1. The molecule has 0 bridgehead atoms. The van der Waals surface area contributed by atoms with Gasteiger partial charge < -0.3 is 19.4 Å². The molecule has 198 valence electrons. The van der Waals surface area contributed by atoms with Gasteiger partial charge in [0.2, 0.25) is 0 Å². The van der Waals surface area contributed by atoms with Crippen molar-refractivity contribution in [2.75, 3.05) is 49.6 Å². The highest BCUT2D eigenvalue weighted by Gasteiger charge is 2.44.